The third kappa shape index (κ3) is 3.63. The third-order valence-electron chi connectivity index (χ3n) is 10.8. The number of H-pyrrole nitrogens is 1. The Morgan fingerprint density at radius 1 is 0.633 bits per heavy atom. The number of aromatic amines is 1. The van der Waals surface area contributed by atoms with Gasteiger partial charge < -0.3 is 24.7 Å². The van der Waals surface area contributed by atoms with E-state index < -0.39 is 0 Å². The number of fused-ring (bicyclic) bond motifs is 11. The SMILES string of the molecule is Cc1cccc2c1c1c(-c3cccc4c3[nH]c3ncccc34)cccc1n2-c1cccc(N2C3C=CC=CC3N3c4ccccc4NC23)c1. The highest BCUT2D eigenvalue weighted by Gasteiger charge is 2.49. The molecule has 5 heterocycles. The molecule has 3 atom stereocenters. The van der Waals surface area contributed by atoms with Crippen molar-refractivity contribution in [2.45, 2.75) is 25.3 Å². The summed E-state index contributed by atoms with van der Waals surface area (Å²) in [4.78, 5) is 13.4. The first-order valence-corrected chi connectivity index (χ1v) is 17.0. The Bertz CT molecular complexity index is 2710. The Kier molecular flexibility index (Phi) is 5.39. The van der Waals surface area contributed by atoms with Gasteiger partial charge in [-0.15, -0.1) is 0 Å². The maximum absolute atomic E-state index is 4.64. The smallest absolute Gasteiger partial charge is 0.180 e. The number of rotatable bonds is 3. The van der Waals surface area contributed by atoms with Crippen molar-refractivity contribution in [3.63, 3.8) is 0 Å². The van der Waals surface area contributed by atoms with Gasteiger partial charge >= 0.3 is 0 Å². The molecule has 0 amide bonds. The predicted octanol–water partition coefficient (Wildman–Crippen LogP) is 9.69. The second kappa shape index (κ2) is 9.87. The lowest BCUT2D eigenvalue weighted by Gasteiger charge is -2.30. The number of nitrogens with zero attached hydrogens (tertiary/aromatic N) is 4. The number of pyridine rings is 1. The second-order valence-electron chi connectivity index (χ2n) is 13.4. The van der Waals surface area contributed by atoms with Crippen molar-refractivity contribution in [1.82, 2.24) is 14.5 Å². The predicted molar refractivity (Wildman–Crippen MR) is 203 cm³/mol. The molecule has 2 aliphatic heterocycles. The Labute approximate surface area is 283 Å². The van der Waals surface area contributed by atoms with Crippen LogP contribution in [0.1, 0.15) is 5.56 Å². The zero-order valence-electron chi connectivity index (χ0n) is 26.9. The Hall–Kier alpha value is -6.27. The largest absolute Gasteiger partial charge is 0.346 e. The summed E-state index contributed by atoms with van der Waals surface area (Å²) in [6.45, 7) is 2.23. The molecule has 8 aromatic rings. The summed E-state index contributed by atoms with van der Waals surface area (Å²) < 4.78 is 2.45. The van der Waals surface area contributed by atoms with Crippen molar-refractivity contribution in [1.29, 1.82) is 0 Å². The second-order valence-corrected chi connectivity index (χ2v) is 13.4. The van der Waals surface area contributed by atoms with E-state index in [9.17, 15) is 0 Å². The fourth-order valence-electron chi connectivity index (χ4n) is 8.82. The molecule has 1 aliphatic carbocycles. The first-order chi connectivity index (χ1) is 24.2. The number of benzene rings is 5. The molecule has 3 aliphatic rings. The van der Waals surface area contributed by atoms with Crippen LogP contribution in [0.3, 0.4) is 0 Å². The molecule has 1 saturated heterocycles. The minimum absolute atomic E-state index is 0.0216. The van der Waals surface area contributed by atoms with Gasteiger partial charge in [0, 0.05) is 44.7 Å². The van der Waals surface area contributed by atoms with Crippen LogP contribution in [0.2, 0.25) is 0 Å². The lowest BCUT2D eigenvalue weighted by Crippen LogP contribution is -2.43. The molecule has 6 nitrogen and oxygen atoms in total. The van der Waals surface area contributed by atoms with Crippen LogP contribution in [0.25, 0.3) is 60.6 Å². The molecule has 49 heavy (non-hydrogen) atoms. The summed E-state index contributed by atoms with van der Waals surface area (Å²) in [5.41, 5.74) is 12.9. The van der Waals surface area contributed by atoms with Gasteiger partial charge in [0.25, 0.3) is 0 Å². The maximum Gasteiger partial charge on any atom is 0.180 e. The number of aromatic nitrogens is 3. The van der Waals surface area contributed by atoms with Gasteiger partial charge in [-0.25, -0.2) is 4.98 Å². The molecule has 0 saturated carbocycles. The lowest BCUT2D eigenvalue weighted by molar-refractivity contribution is 0.739. The molecule has 6 heteroatoms. The zero-order valence-corrected chi connectivity index (χ0v) is 26.9. The summed E-state index contributed by atoms with van der Waals surface area (Å²) in [6, 6.07) is 42.4. The monoisotopic (exact) mass is 632 g/mol. The standard InChI is InChI=1S/C43H32N6/c1-26-11-6-22-37-39(26)40-29(30-15-8-16-31-32-17-10-24-44-42(32)46-41(30)31)14-9-23-38(40)47(37)27-12-7-13-28(25-27)48-35-20-4-5-21-36(35)49-34-19-3-2-18-33(34)45-43(48)49/h2-25,35-36,43,45H,1H3,(H,44,46). The van der Waals surface area contributed by atoms with Crippen molar-refractivity contribution in [2.75, 3.05) is 15.1 Å². The normalized spacial score (nSPS) is 19.2. The number of hydrogen-bond acceptors (Lipinski definition) is 4. The highest BCUT2D eigenvalue weighted by Crippen LogP contribution is 2.47. The van der Waals surface area contributed by atoms with Crippen LogP contribution in [-0.2, 0) is 0 Å². The first-order valence-electron chi connectivity index (χ1n) is 17.0. The molecule has 0 spiro atoms. The molecule has 5 aromatic carbocycles. The summed E-state index contributed by atoms with van der Waals surface area (Å²) in [5.74, 6) is 0. The Morgan fingerprint density at radius 2 is 1.37 bits per heavy atom. The van der Waals surface area contributed by atoms with Gasteiger partial charge in [0.1, 0.15) is 5.65 Å². The summed E-state index contributed by atoms with van der Waals surface area (Å²) >= 11 is 0. The van der Waals surface area contributed by atoms with E-state index in [4.69, 9.17) is 0 Å². The van der Waals surface area contributed by atoms with Gasteiger partial charge in [0.15, 0.2) is 6.29 Å². The van der Waals surface area contributed by atoms with Gasteiger partial charge in [-0.2, -0.15) is 0 Å². The van der Waals surface area contributed by atoms with E-state index in [1.807, 2.05) is 12.3 Å². The van der Waals surface area contributed by atoms with Crippen molar-refractivity contribution in [3.8, 4) is 16.8 Å². The van der Waals surface area contributed by atoms with E-state index in [1.165, 1.54) is 60.9 Å². The van der Waals surface area contributed by atoms with Gasteiger partial charge in [-0.1, -0.05) is 85.0 Å². The fraction of sp³-hybridized carbons (Fsp3) is 0.0930. The number of nitrogens with one attached hydrogen (secondary N) is 2. The number of aryl methyl sites for hydroxylation is 1. The average Bonchev–Trinajstić information content (AvgIpc) is 3.89. The average molecular weight is 633 g/mol. The molecule has 11 rings (SSSR count). The molecule has 3 aromatic heterocycles. The molecular weight excluding hydrogens is 601 g/mol. The van der Waals surface area contributed by atoms with Gasteiger partial charge in [0.05, 0.1) is 40.0 Å². The topological polar surface area (TPSA) is 52.1 Å². The summed E-state index contributed by atoms with van der Waals surface area (Å²) in [5, 5.41) is 8.73. The minimum atomic E-state index is 0.0216. The lowest BCUT2D eigenvalue weighted by atomic mass is 9.96. The van der Waals surface area contributed by atoms with Crippen LogP contribution >= 0.6 is 0 Å². The van der Waals surface area contributed by atoms with Crippen LogP contribution in [0.4, 0.5) is 17.1 Å². The summed E-state index contributed by atoms with van der Waals surface area (Å²) in [7, 11) is 0. The van der Waals surface area contributed by atoms with Crippen molar-refractivity contribution < 1.29 is 0 Å². The molecule has 234 valence electrons. The summed E-state index contributed by atoms with van der Waals surface area (Å²) in [6.07, 6.45) is 10.9. The molecule has 2 N–H and O–H groups in total. The van der Waals surface area contributed by atoms with E-state index in [1.54, 1.807) is 0 Å². The minimum Gasteiger partial charge on any atom is -0.346 e. The molecule has 1 fully saturated rings. The molecule has 0 bridgehead atoms. The van der Waals surface area contributed by atoms with Gasteiger partial charge in [-0.05, 0) is 72.6 Å². The van der Waals surface area contributed by atoms with Gasteiger partial charge in [0.2, 0.25) is 0 Å². The number of allylic oxidation sites excluding steroid dienone is 2. The maximum atomic E-state index is 4.64. The number of hydrogen-bond donors (Lipinski definition) is 2. The quantitative estimate of drug-likeness (QED) is 0.204. The molecule has 0 radical (unpaired) electrons. The first kappa shape index (κ1) is 26.8. The van der Waals surface area contributed by atoms with Crippen molar-refractivity contribution in [2.24, 2.45) is 0 Å². The van der Waals surface area contributed by atoms with E-state index >= 15 is 0 Å². The van der Waals surface area contributed by atoms with Crippen LogP contribution in [0.5, 0.6) is 0 Å². The number of para-hydroxylation sites is 3. The van der Waals surface area contributed by atoms with Crippen LogP contribution < -0.4 is 15.1 Å². The van der Waals surface area contributed by atoms with Crippen molar-refractivity contribution >= 4 is 60.8 Å². The van der Waals surface area contributed by atoms with Crippen LogP contribution in [0.15, 0.2) is 146 Å². The van der Waals surface area contributed by atoms with E-state index in [2.05, 4.69) is 170 Å². The highest BCUT2D eigenvalue weighted by atomic mass is 15.6. The molecule has 3 unspecified atom stereocenters. The zero-order chi connectivity index (χ0) is 32.2. The van der Waals surface area contributed by atoms with Crippen LogP contribution in [-0.4, -0.2) is 32.9 Å². The van der Waals surface area contributed by atoms with E-state index in [0.717, 1.165) is 22.2 Å². The number of anilines is 3. The van der Waals surface area contributed by atoms with Gasteiger partial charge in [-0.3, -0.25) is 0 Å². The Balaban J connectivity index is 1.12. The fourth-order valence-corrected chi connectivity index (χ4v) is 8.82. The van der Waals surface area contributed by atoms with E-state index in [0.29, 0.717) is 0 Å². The van der Waals surface area contributed by atoms with E-state index in [-0.39, 0.29) is 18.4 Å². The molecular formula is C43H32N6. The Morgan fingerprint density at radius 3 is 2.29 bits per heavy atom. The highest BCUT2D eigenvalue weighted by molar-refractivity contribution is 6.20. The van der Waals surface area contributed by atoms with Crippen LogP contribution in [0, 0.1) is 6.92 Å². The van der Waals surface area contributed by atoms with Crippen molar-refractivity contribution in [3.05, 3.63) is 151 Å². The third-order valence-corrected chi connectivity index (χ3v) is 10.8.